The van der Waals surface area contributed by atoms with Gasteiger partial charge in [-0.1, -0.05) is 37.6 Å². The zero-order chi connectivity index (χ0) is 17.4. The number of nitrogens with one attached hydrogen (secondary N) is 1. The first-order chi connectivity index (χ1) is 11.7. The van der Waals surface area contributed by atoms with Gasteiger partial charge in [-0.05, 0) is 43.7 Å². The summed E-state index contributed by atoms with van der Waals surface area (Å²) in [5.74, 6) is -0.243. The van der Waals surface area contributed by atoms with Crippen molar-refractivity contribution < 1.29 is 9.59 Å². The van der Waals surface area contributed by atoms with Gasteiger partial charge in [0.1, 0.15) is 0 Å². The van der Waals surface area contributed by atoms with Crippen molar-refractivity contribution in [3.63, 3.8) is 0 Å². The van der Waals surface area contributed by atoms with Crippen LogP contribution in [0.25, 0.3) is 0 Å². The van der Waals surface area contributed by atoms with E-state index in [1.54, 1.807) is 29.2 Å². The number of amides is 2. The molecule has 126 valence electrons. The summed E-state index contributed by atoms with van der Waals surface area (Å²) in [6.45, 7) is 5.23. The molecule has 24 heavy (non-hydrogen) atoms. The molecular weight excluding hydrogens is 300 g/mol. The van der Waals surface area contributed by atoms with Gasteiger partial charge in [0.15, 0.2) is 0 Å². The second-order valence-corrected chi connectivity index (χ2v) is 5.58. The van der Waals surface area contributed by atoms with Crippen molar-refractivity contribution in [1.29, 1.82) is 0 Å². The van der Waals surface area contributed by atoms with Crippen molar-refractivity contribution in [1.82, 2.24) is 5.32 Å². The Morgan fingerprint density at radius 3 is 2.33 bits per heavy atom. The normalized spacial score (nSPS) is 10.2. The smallest absolute Gasteiger partial charge is 0.258 e. The molecular formula is C20H24N2O2. The molecule has 4 nitrogen and oxygen atoms in total. The minimum atomic E-state index is -0.138. The van der Waals surface area contributed by atoms with E-state index in [1.807, 2.05) is 37.3 Å². The van der Waals surface area contributed by atoms with Gasteiger partial charge in [0.25, 0.3) is 11.8 Å². The van der Waals surface area contributed by atoms with Crippen molar-refractivity contribution in [3.05, 3.63) is 65.7 Å². The highest BCUT2D eigenvalue weighted by atomic mass is 16.2. The van der Waals surface area contributed by atoms with Crippen molar-refractivity contribution in [2.45, 2.75) is 26.7 Å². The first kappa shape index (κ1) is 17.7. The topological polar surface area (TPSA) is 49.4 Å². The first-order valence-electron chi connectivity index (χ1n) is 8.42. The monoisotopic (exact) mass is 324 g/mol. The van der Waals surface area contributed by atoms with Crippen LogP contribution in [0.4, 0.5) is 5.69 Å². The Balaban J connectivity index is 2.17. The highest BCUT2D eigenvalue weighted by molar-refractivity contribution is 6.07. The average Bonchev–Trinajstić information content (AvgIpc) is 2.63. The molecule has 0 atom stereocenters. The molecule has 0 aliphatic heterocycles. The van der Waals surface area contributed by atoms with E-state index in [1.165, 1.54) is 0 Å². The Labute approximate surface area is 143 Å². The van der Waals surface area contributed by atoms with Crippen LogP contribution in [0.2, 0.25) is 0 Å². The molecule has 0 spiro atoms. The average molecular weight is 324 g/mol. The van der Waals surface area contributed by atoms with Gasteiger partial charge in [0.05, 0.1) is 0 Å². The SMILES string of the molecule is CCCCNC(=O)c1cccc(C(=O)N(CC)c2ccccc2)c1. The molecule has 0 aliphatic rings. The molecule has 0 saturated heterocycles. The van der Waals surface area contributed by atoms with E-state index in [0.717, 1.165) is 18.5 Å². The molecule has 2 aromatic carbocycles. The van der Waals surface area contributed by atoms with Crippen LogP contribution >= 0.6 is 0 Å². The van der Waals surface area contributed by atoms with Crippen LogP contribution in [0.15, 0.2) is 54.6 Å². The predicted octanol–water partition coefficient (Wildman–Crippen LogP) is 3.88. The molecule has 4 heteroatoms. The van der Waals surface area contributed by atoms with E-state index in [0.29, 0.717) is 24.2 Å². The quantitative estimate of drug-likeness (QED) is 0.786. The summed E-state index contributed by atoms with van der Waals surface area (Å²) in [5, 5.41) is 2.88. The number of benzene rings is 2. The maximum absolute atomic E-state index is 12.8. The Hall–Kier alpha value is -2.62. The Bertz CT molecular complexity index is 683. The number of nitrogens with zero attached hydrogens (tertiary/aromatic N) is 1. The van der Waals surface area contributed by atoms with Crippen LogP contribution in [0.3, 0.4) is 0 Å². The number of hydrogen-bond donors (Lipinski definition) is 1. The Morgan fingerprint density at radius 2 is 1.67 bits per heavy atom. The van der Waals surface area contributed by atoms with Gasteiger partial charge in [-0.25, -0.2) is 0 Å². The zero-order valence-corrected chi connectivity index (χ0v) is 14.3. The van der Waals surface area contributed by atoms with Gasteiger partial charge in [-0.3, -0.25) is 9.59 Å². The molecule has 0 radical (unpaired) electrons. The van der Waals surface area contributed by atoms with Crippen LogP contribution in [0.1, 0.15) is 47.4 Å². The highest BCUT2D eigenvalue weighted by Crippen LogP contribution is 2.17. The summed E-state index contributed by atoms with van der Waals surface area (Å²) in [5.41, 5.74) is 1.88. The Kier molecular flexibility index (Phi) is 6.55. The van der Waals surface area contributed by atoms with Gasteiger partial charge in [-0.15, -0.1) is 0 Å². The summed E-state index contributed by atoms with van der Waals surface area (Å²) >= 11 is 0. The van der Waals surface area contributed by atoms with Crippen molar-refractivity contribution in [2.24, 2.45) is 0 Å². The lowest BCUT2D eigenvalue weighted by atomic mass is 10.1. The third kappa shape index (κ3) is 4.44. The van der Waals surface area contributed by atoms with Gasteiger partial charge >= 0.3 is 0 Å². The molecule has 0 aromatic heterocycles. The number of unbranched alkanes of at least 4 members (excludes halogenated alkanes) is 1. The van der Waals surface area contributed by atoms with Crippen molar-refractivity contribution in [3.8, 4) is 0 Å². The fourth-order valence-corrected chi connectivity index (χ4v) is 2.48. The number of hydrogen-bond acceptors (Lipinski definition) is 2. The standard InChI is InChI=1S/C20H24N2O2/c1-3-5-14-21-19(23)16-10-9-11-17(15-16)20(24)22(4-2)18-12-7-6-8-13-18/h6-13,15H,3-5,14H2,1-2H3,(H,21,23). The van der Waals surface area contributed by atoms with E-state index in [-0.39, 0.29) is 11.8 Å². The molecule has 0 saturated carbocycles. The van der Waals surface area contributed by atoms with Crippen LogP contribution in [0, 0.1) is 0 Å². The third-order valence-electron chi connectivity index (χ3n) is 3.82. The molecule has 2 amide bonds. The second kappa shape index (κ2) is 8.87. The molecule has 0 bridgehead atoms. The molecule has 0 aliphatic carbocycles. The molecule has 1 N–H and O–H groups in total. The second-order valence-electron chi connectivity index (χ2n) is 5.58. The molecule has 0 fully saturated rings. The van der Waals surface area contributed by atoms with Gasteiger partial charge in [-0.2, -0.15) is 0 Å². The number of anilines is 1. The zero-order valence-electron chi connectivity index (χ0n) is 14.3. The number of rotatable bonds is 7. The van der Waals surface area contributed by atoms with Crippen LogP contribution in [-0.2, 0) is 0 Å². The van der Waals surface area contributed by atoms with Gasteiger partial charge in [0, 0.05) is 29.9 Å². The lowest BCUT2D eigenvalue weighted by molar-refractivity contribution is 0.0953. The van der Waals surface area contributed by atoms with Gasteiger partial charge in [0.2, 0.25) is 0 Å². The van der Waals surface area contributed by atoms with Crippen LogP contribution in [0.5, 0.6) is 0 Å². The summed E-state index contributed by atoms with van der Waals surface area (Å²) in [7, 11) is 0. The fourth-order valence-electron chi connectivity index (χ4n) is 2.48. The van der Waals surface area contributed by atoms with Gasteiger partial charge < -0.3 is 10.2 Å². The summed E-state index contributed by atoms with van der Waals surface area (Å²) in [6.07, 6.45) is 1.98. The number of carbonyl (C=O) groups is 2. The Morgan fingerprint density at radius 1 is 0.958 bits per heavy atom. The lowest BCUT2D eigenvalue weighted by Gasteiger charge is -2.21. The highest BCUT2D eigenvalue weighted by Gasteiger charge is 2.17. The van der Waals surface area contributed by atoms with E-state index in [4.69, 9.17) is 0 Å². The van der Waals surface area contributed by atoms with E-state index < -0.39 is 0 Å². The molecule has 2 rings (SSSR count). The minimum absolute atomic E-state index is 0.105. The fraction of sp³-hybridized carbons (Fsp3) is 0.300. The summed E-state index contributed by atoms with van der Waals surface area (Å²) in [4.78, 5) is 26.7. The van der Waals surface area contributed by atoms with E-state index in [2.05, 4.69) is 12.2 Å². The maximum Gasteiger partial charge on any atom is 0.258 e. The first-order valence-corrected chi connectivity index (χ1v) is 8.42. The van der Waals surface area contributed by atoms with Crippen molar-refractivity contribution >= 4 is 17.5 Å². The lowest BCUT2D eigenvalue weighted by Crippen LogP contribution is -2.31. The minimum Gasteiger partial charge on any atom is -0.352 e. The maximum atomic E-state index is 12.8. The molecule has 2 aromatic rings. The van der Waals surface area contributed by atoms with Crippen LogP contribution < -0.4 is 10.2 Å². The molecule has 0 heterocycles. The largest absolute Gasteiger partial charge is 0.352 e. The summed E-state index contributed by atoms with van der Waals surface area (Å²) < 4.78 is 0. The summed E-state index contributed by atoms with van der Waals surface area (Å²) in [6, 6.07) is 16.4. The van der Waals surface area contributed by atoms with E-state index in [9.17, 15) is 9.59 Å². The number of carbonyl (C=O) groups excluding carboxylic acids is 2. The predicted molar refractivity (Wildman–Crippen MR) is 97.5 cm³/mol. The third-order valence-corrected chi connectivity index (χ3v) is 3.82. The van der Waals surface area contributed by atoms with E-state index >= 15 is 0 Å². The van der Waals surface area contributed by atoms with Crippen molar-refractivity contribution in [2.75, 3.05) is 18.0 Å². The van der Waals surface area contributed by atoms with Crippen LogP contribution in [-0.4, -0.2) is 24.9 Å². The molecule has 0 unspecified atom stereocenters. The number of para-hydroxylation sites is 1.